The minimum Gasteiger partial charge on any atom is -0.306 e. The van der Waals surface area contributed by atoms with E-state index in [1.54, 1.807) is 0 Å². The van der Waals surface area contributed by atoms with E-state index in [9.17, 15) is 0 Å². The molecule has 0 heterocycles. The molecule has 0 aromatic heterocycles. The van der Waals surface area contributed by atoms with Gasteiger partial charge in [0.25, 0.3) is 0 Å². The molecule has 0 aliphatic carbocycles. The van der Waals surface area contributed by atoms with Crippen molar-refractivity contribution in [2.75, 3.05) is 0 Å². The van der Waals surface area contributed by atoms with Crippen molar-refractivity contribution in [2.45, 2.75) is 310 Å². The smallest absolute Gasteiger partial charge is 0.306 e. The number of hydrogen-bond donors (Lipinski definition) is 0. The van der Waals surface area contributed by atoms with Gasteiger partial charge in [-0.3, -0.25) is 0 Å². The van der Waals surface area contributed by atoms with Crippen molar-refractivity contribution in [3.05, 3.63) is 0 Å². The van der Waals surface area contributed by atoms with Gasteiger partial charge in [-0.25, -0.2) is 0 Å². The molecule has 0 amide bonds. The molecule has 0 aromatic carbocycles. The van der Waals surface area contributed by atoms with Crippen molar-refractivity contribution in [2.24, 2.45) is 0 Å². The van der Waals surface area contributed by atoms with Gasteiger partial charge in [0.1, 0.15) is 0 Å². The Balaban J connectivity index is 7.16. The molecule has 0 atom stereocenters. The highest BCUT2D eigenvalue weighted by molar-refractivity contribution is 7.41. The van der Waals surface area contributed by atoms with Gasteiger partial charge in [0.15, 0.2) is 0 Å². The zero-order valence-electron chi connectivity index (χ0n) is 37.6. The Morgan fingerprint density at radius 3 is 0.596 bits per heavy atom. The first-order valence-electron chi connectivity index (χ1n) is 24.2. The van der Waals surface area contributed by atoms with Gasteiger partial charge in [-0.15, -0.1) is 0 Å². The highest BCUT2D eigenvalue weighted by Gasteiger charge is 2.44. The molecule has 0 radical (unpaired) electrons. The molecule has 314 valence electrons. The lowest BCUT2D eigenvalue weighted by Crippen LogP contribution is -2.39. The maximum absolute atomic E-state index is 7.79. The van der Waals surface area contributed by atoms with Gasteiger partial charge in [-0.05, 0) is 57.8 Å². The second kappa shape index (κ2) is 35.7. The Morgan fingerprint density at radius 1 is 0.231 bits per heavy atom. The monoisotopic (exact) mass is 755 g/mol. The Kier molecular flexibility index (Phi) is 35.9. The Morgan fingerprint density at radius 2 is 0.404 bits per heavy atom. The van der Waals surface area contributed by atoms with Crippen LogP contribution in [0.2, 0.25) is 0 Å². The van der Waals surface area contributed by atoms with Crippen LogP contribution in [-0.4, -0.2) is 16.8 Å². The SMILES string of the molecule is CCCCCCCC(CCCC)(CCCC)OP(OC(CCCC)(CCCC)CCCCCCC)OC(CCCC)(CCCC)CCCCCCC. The summed E-state index contributed by atoms with van der Waals surface area (Å²) in [6, 6.07) is 0. The summed E-state index contributed by atoms with van der Waals surface area (Å²) >= 11 is 0. The lowest BCUT2D eigenvalue weighted by molar-refractivity contribution is -0.0695. The van der Waals surface area contributed by atoms with Crippen molar-refractivity contribution < 1.29 is 13.6 Å². The Hall–Kier alpha value is 0.310. The minimum atomic E-state index is -1.51. The highest BCUT2D eigenvalue weighted by atomic mass is 31.2. The van der Waals surface area contributed by atoms with Gasteiger partial charge in [-0.1, -0.05) is 236 Å². The Bertz CT molecular complexity index is 607. The van der Waals surface area contributed by atoms with Gasteiger partial charge >= 0.3 is 8.60 Å². The number of rotatable bonds is 42. The molecular weight excluding hydrogens is 655 g/mol. The first kappa shape index (κ1) is 52.3. The average molecular weight is 755 g/mol. The van der Waals surface area contributed by atoms with E-state index in [0.717, 1.165) is 57.8 Å². The van der Waals surface area contributed by atoms with Crippen molar-refractivity contribution >= 4 is 8.60 Å². The van der Waals surface area contributed by atoms with E-state index in [0.29, 0.717) is 0 Å². The molecule has 0 saturated carbocycles. The van der Waals surface area contributed by atoms with Crippen molar-refractivity contribution in [1.82, 2.24) is 0 Å². The van der Waals surface area contributed by atoms with Crippen LogP contribution in [0.25, 0.3) is 0 Å². The summed E-state index contributed by atoms with van der Waals surface area (Å²) < 4.78 is 23.4. The molecule has 0 fully saturated rings. The summed E-state index contributed by atoms with van der Waals surface area (Å²) in [6.45, 7) is 21.2. The zero-order chi connectivity index (χ0) is 38.7. The predicted molar refractivity (Wildman–Crippen MR) is 236 cm³/mol. The summed E-state index contributed by atoms with van der Waals surface area (Å²) in [5.74, 6) is 0. The van der Waals surface area contributed by atoms with Crippen LogP contribution < -0.4 is 0 Å². The molecule has 0 N–H and O–H groups in total. The van der Waals surface area contributed by atoms with Crippen LogP contribution in [0.4, 0.5) is 0 Å². The first-order valence-corrected chi connectivity index (χ1v) is 25.3. The fourth-order valence-electron chi connectivity index (χ4n) is 8.21. The van der Waals surface area contributed by atoms with Crippen LogP contribution in [0.5, 0.6) is 0 Å². The van der Waals surface area contributed by atoms with E-state index >= 15 is 0 Å². The van der Waals surface area contributed by atoms with E-state index < -0.39 is 8.60 Å². The first-order chi connectivity index (χ1) is 25.3. The fourth-order valence-corrected chi connectivity index (χ4v) is 10.1. The quantitative estimate of drug-likeness (QED) is 0.0459. The van der Waals surface area contributed by atoms with Gasteiger partial charge in [0.05, 0.1) is 16.8 Å². The highest BCUT2D eigenvalue weighted by Crippen LogP contribution is 2.58. The maximum Gasteiger partial charge on any atom is 0.334 e. The van der Waals surface area contributed by atoms with Crippen LogP contribution in [-0.2, 0) is 13.6 Å². The third-order valence-electron chi connectivity index (χ3n) is 11.9. The molecule has 0 aliphatic rings. The summed E-state index contributed by atoms with van der Waals surface area (Å²) in [5, 5.41) is 0. The van der Waals surface area contributed by atoms with E-state index in [4.69, 9.17) is 13.6 Å². The van der Waals surface area contributed by atoms with E-state index in [1.807, 2.05) is 0 Å². The van der Waals surface area contributed by atoms with E-state index in [-0.39, 0.29) is 16.8 Å². The second-order valence-corrected chi connectivity index (χ2v) is 18.2. The largest absolute Gasteiger partial charge is 0.334 e. The summed E-state index contributed by atoms with van der Waals surface area (Å²) in [5.41, 5.74) is -0.432. The second-order valence-electron chi connectivity index (χ2n) is 17.2. The predicted octanol–water partition coefficient (Wildman–Crippen LogP) is 18.7. The van der Waals surface area contributed by atoms with Crippen LogP contribution >= 0.6 is 8.60 Å². The zero-order valence-corrected chi connectivity index (χ0v) is 38.5. The molecule has 4 heteroatoms. The van der Waals surface area contributed by atoms with Crippen molar-refractivity contribution in [1.29, 1.82) is 0 Å². The number of unbranched alkanes of at least 4 members (excludes halogenated alkanes) is 18. The summed E-state index contributed by atoms with van der Waals surface area (Å²) in [4.78, 5) is 0. The molecule has 0 rings (SSSR count). The van der Waals surface area contributed by atoms with E-state index in [1.165, 1.54) is 173 Å². The average Bonchev–Trinajstić information content (AvgIpc) is 3.15. The van der Waals surface area contributed by atoms with Gasteiger partial charge in [0.2, 0.25) is 0 Å². The van der Waals surface area contributed by atoms with Crippen LogP contribution in [0.15, 0.2) is 0 Å². The molecule has 0 aliphatic heterocycles. The van der Waals surface area contributed by atoms with Crippen molar-refractivity contribution in [3.63, 3.8) is 0 Å². The molecule has 0 aromatic rings. The van der Waals surface area contributed by atoms with E-state index in [2.05, 4.69) is 62.3 Å². The van der Waals surface area contributed by atoms with Gasteiger partial charge < -0.3 is 13.6 Å². The lowest BCUT2D eigenvalue weighted by atomic mass is 9.86. The Labute approximate surface area is 331 Å². The van der Waals surface area contributed by atoms with Crippen LogP contribution in [0.3, 0.4) is 0 Å². The summed E-state index contributed by atoms with van der Waals surface area (Å²) in [6.07, 6.45) is 44.7. The topological polar surface area (TPSA) is 27.7 Å². The third-order valence-corrected chi connectivity index (χ3v) is 13.5. The van der Waals surface area contributed by atoms with Crippen molar-refractivity contribution in [3.8, 4) is 0 Å². The van der Waals surface area contributed by atoms with Gasteiger partial charge in [0, 0.05) is 0 Å². The molecule has 52 heavy (non-hydrogen) atoms. The maximum atomic E-state index is 7.79. The fraction of sp³-hybridized carbons (Fsp3) is 1.00. The third kappa shape index (κ3) is 25.5. The summed E-state index contributed by atoms with van der Waals surface area (Å²) in [7, 11) is -1.51. The minimum absolute atomic E-state index is 0.144. The standard InChI is InChI=1S/C48H99O3P/c1-10-19-28-31-34-43-46(37-22-13-4,38-23-14-5)49-52(50-47(39-24-15-6,40-25-16-7)44-35-32-29-20-11-2)51-48(41-26-17-8,42-27-18-9)45-36-33-30-21-12-3/h10-45H2,1-9H3. The molecular formula is C48H99O3P. The molecule has 0 bridgehead atoms. The van der Waals surface area contributed by atoms with Crippen LogP contribution in [0, 0.1) is 0 Å². The lowest BCUT2D eigenvalue weighted by Gasteiger charge is -2.45. The van der Waals surface area contributed by atoms with Gasteiger partial charge in [-0.2, -0.15) is 0 Å². The molecule has 3 nitrogen and oxygen atoms in total. The number of hydrogen-bond acceptors (Lipinski definition) is 3. The van der Waals surface area contributed by atoms with Crippen LogP contribution in [0.1, 0.15) is 293 Å². The molecule has 0 spiro atoms. The molecule has 0 saturated heterocycles. The molecule has 0 unspecified atom stereocenters. The normalized spacial score (nSPS) is 12.8.